The molecule has 1 aliphatic carbocycles. The van der Waals surface area contributed by atoms with Crippen molar-refractivity contribution in [1.82, 2.24) is 10.6 Å². The average molecular weight is 345 g/mol. The van der Waals surface area contributed by atoms with Gasteiger partial charge in [-0.1, -0.05) is 25.0 Å². The van der Waals surface area contributed by atoms with Crippen LogP contribution >= 0.6 is 0 Å². The van der Waals surface area contributed by atoms with Crippen LogP contribution in [0.4, 0.5) is 0 Å². The van der Waals surface area contributed by atoms with Crippen molar-refractivity contribution in [3.63, 3.8) is 0 Å². The molecule has 136 valence electrons. The van der Waals surface area contributed by atoms with E-state index in [0.29, 0.717) is 18.7 Å². The van der Waals surface area contributed by atoms with Crippen LogP contribution in [0.15, 0.2) is 24.3 Å². The molecule has 1 atom stereocenters. The Morgan fingerprint density at radius 2 is 2.00 bits per heavy atom. The van der Waals surface area contributed by atoms with Crippen molar-refractivity contribution < 1.29 is 14.3 Å². The summed E-state index contributed by atoms with van der Waals surface area (Å²) >= 11 is 0. The fraction of sp³-hybridized carbons (Fsp3) is 0.579. The van der Waals surface area contributed by atoms with E-state index in [9.17, 15) is 9.59 Å². The van der Waals surface area contributed by atoms with Crippen LogP contribution in [0.5, 0.6) is 0 Å². The second-order valence-corrected chi connectivity index (χ2v) is 7.09. The van der Waals surface area contributed by atoms with Gasteiger partial charge in [0, 0.05) is 25.3 Å². The van der Waals surface area contributed by atoms with Crippen LogP contribution in [-0.2, 0) is 16.1 Å². The number of nitrogens with two attached hydrogens (primary N) is 1. The quantitative estimate of drug-likeness (QED) is 0.728. The zero-order valence-electron chi connectivity index (χ0n) is 14.6. The highest BCUT2D eigenvalue weighted by atomic mass is 16.5. The van der Waals surface area contributed by atoms with E-state index in [1.807, 2.05) is 18.2 Å². The summed E-state index contributed by atoms with van der Waals surface area (Å²) < 4.78 is 5.51. The van der Waals surface area contributed by atoms with Gasteiger partial charge in [-0.25, -0.2) is 0 Å². The molecule has 1 saturated heterocycles. The number of rotatable bonds is 6. The van der Waals surface area contributed by atoms with E-state index in [1.54, 1.807) is 6.07 Å². The van der Waals surface area contributed by atoms with Crippen LogP contribution in [0.25, 0.3) is 0 Å². The Balaban J connectivity index is 1.52. The Bertz CT molecular complexity index is 620. The Hall–Kier alpha value is -1.92. The number of nitrogens with one attached hydrogen (secondary N) is 2. The number of carbonyl (C=O) groups excluding carboxylic acids is 2. The predicted molar refractivity (Wildman–Crippen MR) is 95.0 cm³/mol. The Labute approximate surface area is 148 Å². The lowest BCUT2D eigenvalue weighted by Crippen LogP contribution is -2.51. The number of hydrogen-bond acceptors (Lipinski definition) is 4. The van der Waals surface area contributed by atoms with Gasteiger partial charge in [0.15, 0.2) is 0 Å². The molecular formula is C19H27N3O3. The fourth-order valence-corrected chi connectivity index (χ4v) is 3.53. The molecule has 1 aliphatic heterocycles. The van der Waals surface area contributed by atoms with Crippen molar-refractivity contribution in [2.24, 2.45) is 5.73 Å². The monoisotopic (exact) mass is 345 g/mol. The lowest BCUT2D eigenvalue weighted by atomic mass is 9.98. The lowest BCUT2D eigenvalue weighted by Gasteiger charge is -2.22. The van der Waals surface area contributed by atoms with Crippen molar-refractivity contribution in [3.8, 4) is 0 Å². The molecule has 2 amide bonds. The maximum atomic E-state index is 12.3. The second kappa shape index (κ2) is 7.97. The molecule has 2 aliphatic rings. The molecule has 1 saturated carbocycles. The molecule has 0 radical (unpaired) electrons. The van der Waals surface area contributed by atoms with Crippen LogP contribution in [0.1, 0.15) is 54.4 Å². The minimum Gasteiger partial charge on any atom is -0.376 e. The second-order valence-electron chi connectivity index (χ2n) is 7.09. The summed E-state index contributed by atoms with van der Waals surface area (Å²) in [6, 6.07) is 7.31. The van der Waals surface area contributed by atoms with E-state index >= 15 is 0 Å². The Morgan fingerprint density at radius 1 is 1.20 bits per heavy atom. The van der Waals surface area contributed by atoms with E-state index in [4.69, 9.17) is 10.5 Å². The van der Waals surface area contributed by atoms with Crippen LogP contribution < -0.4 is 16.4 Å². The molecule has 3 rings (SSSR count). The minimum atomic E-state index is -0.726. The van der Waals surface area contributed by atoms with Crippen molar-refractivity contribution >= 4 is 11.8 Å². The highest BCUT2D eigenvalue weighted by Gasteiger charge is 2.36. The molecule has 0 aromatic heterocycles. The van der Waals surface area contributed by atoms with Crippen molar-refractivity contribution in [2.75, 3.05) is 13.2 Å². The van der Waals surface area contributed by atoms with Crippen molar-refractivity contribution in [1.29, 1.82) is 0 Å². The molecule has 0 bridgehead atoms. The SMILES string of the molecule is NC1(C(=O)NCc2cccc(C(=O)NCC3CCCO3)c2)CCCC1. The first-order chi connectivity index (χ1) is 12.1. The minimum absolute atomic E-state index is 0.0989. The normalized spacial score (nSPS) is 21.9. The molecule has 25 heavy (non-hydrogen) atoms. The highest BCUT2D eigenvalue weighted by molar-refractivity contribution is 5.94. The summed E-state index contributed by atoms with van der Waals surface area (Å²) in [6.45, 7) is 1.69. The smallest absolute Gasteiger partial charge is 0.251 e. The number of amides is 2. The molecule has 4 N–H and O–H groups in total. The van der Waals surface area contributed by atoms with Gasteiger partial charge in [0.2, 0.25) is 5.91 Å². The lowest BCUT2D eigenvalue weighted by molar-refractivity contribution is -0.126. The molecule has 0 spiro atoms. The fourth-order valence-electron chi connectivity index (χ4n) is 3.53. The molecule has 6 nitrogen and oxygen atoms in total. The standard InChI is InChI=1S/C19H27N3O3/c20-19(8-1-2-9-19)18(24)22-12-14-5-3-6-15(11-14)17(23)21-13-16-7-4-10-25-16/h3,5-6,11,16H,1-2,4,7-10,12-13,20H2,(H,21,23)(H,22,24). The summed E-state index contributed by atoms with van der Waals surface area (Å²) in [7, 11) is 0. The zero-order chi connectivity index (χ0) is 17.7. The first-order valence-corrected chi connectivity index (χ1v) is 9.13. The Kier molecular flexibility index (Phi) is 5.71. The van der Waals surface area contributed by atoms with E-state index in [2.05, 4.69) is 10.6 Å². The highest BCUT2D eigenvalue weighted by Crippen LogP contribution is 2.27. The van der Waals surface area contributed by atoms with Gasteiger partial charge < -0.3 is 21.1 Å². The van der Waals surface area contributed by atoms with Gasteiger partial charge >= 0.3 is 0 Å². The molecule has 6 heteroatoms. The van der Waals surface area contributed by atoms with E-state index in [0.717, 1.165) is 50.7 Å². The maximum Gasteiger partial charge on any atom is 0.251 e. The average Bonchev–Trinajstić information content (AvgIpc) is 3.30. The first-order valence-electron chi connectivity index (χ1n) is 9.13. The summed E-state index contributed by atoms with van der Waals surface area (Å²) in [4.78, 5) is 24.6. The largest absolute Gasteiger partial charge is 0.376 e. The van der Waals surface area contributed by atoms with Crippen LogP contribution in [0.2, 0.25) is 0 Å². The van der Waals surface area contributed by atoms with Gasteiger partial charge in [0.05, 0.1) is 11.6 Å². The molecule has 1 heterocycles. The number of ether oxygens (including phenoxy) is 1. The van der Waals surface area contributed by atoms with Gasteiger partial charge in [-0.3, -0.25) is 9.59 Å². The number of benzene rings is 1. The predicted octanol–water partition coefficient (Wildman–Crippen LogP) is 1.48. The van der Waals surface area contributed by atoms with E-state index in [1.165, 1.54) is 0 Å². The maximum absolute atomic E-state index is 12.3. The van der Waals surface area contributed by atoms with E-state index < -0.39 is 5.54 Å². The van der Waals surface area contributed by atoms with Gasteiger partial charge in [-0.2, -0.15) is 0 Å². The zero-order valence-corrected chi connectivity index (χ0v) is 14.6. The summed E-state index contributed by atoms with van der Waals surface area (Å²) in [5.41, 5.74) is 6.91. The summed E-state index contributed by atoms with van der Waals surface area (Å²) in [5.74, 6) is -0.215. The molecule has 1 aromatic carbocycles. The number of hydrogen-bond donors (Lipinski definition) is 3. The third-order valence-corrected chi connectivity index (χ3v) is 5.10. The van der Waals surface area contributed by atoms with Gasteiger partial charge in [0.25, 0.3) is 5.91 Å². The molecule has 1 unspecified atom stereocenters. The van der Waals surface area contributed by atoms with Crippen LogP contribution in [0, 0.1) is 0 Å². The van der Waals surface area contributed by atoms with Gasteiger partial charge in [0.1, 0.15) is 0 Å². The van der Waals surface area contributed by atoms with Crippen molar-refractivity contribution in [3.05, 3.63) is 35.4 Å². The molecule has 2 fully saturated rings. The van der Waals surface area contributed by atoms with Crippen LogP contribution in [-0.4, -0.2) is 36.6 Å². The Morgan fingerprint density at radius 3 is 2.72 bits per heavy atom. The van der Waals surface area contributed by atoms with Crippen molar-refractivity contribution in [2.45, 2.75) is 56.7 Å². The topological polar surface area (TPSA) is 93.5 Å². The third kappa shape index (κ3) is 4.58. The summed E-state index contributed by atoms with van der Waals surface area (Å²) in [5, 5.41) is 5.82. The van der Waals surface area contributed by atoms with Gasteiger partial charge in [-0.15, -0.1) is 0 Å². The molecule has 1 aromatic rings. The third-order valence-electron chi connectivity index (χ3n) is 5.10. The summed E-state index contributed by atoms with van der Waals surface area (Å²) in [6.07, 6.45) is 5.66. The van der Waals surface area contributed by atoms with Gasteiger partial charge in [-0.05, 0) is 43.4 Å². The molecular weight excluding hydrogens is 318 g/mol. The van der Waals surface area contributed by atoms with Crippen LogP contribution in [0.3, 0.4) is 0 Å². The first kappa shape index (κ1) is 17.9. The number of carbonyl (C=O) groups is 2. The van der Waals surface area contributed by atoms with E-state index in [-0.39, 0.29) is 17.9 Å².